The SMILES string of the molecule is Cc1ccc(C)c(NC(=S)Nc2cccc(C)n2)c1. The molecule has 1 aromatic carbocycles. The fraction of sp³-hybridized carbons (Fsp3) is 0.200. The maximum absolute atomic E-state index is 5.30. The van der Waals surface area contributed by atoms with Gasteiger partial charge in [-0.05, 0) is 62.3 Å². The normalized spacial score (nSPS) is 10.1. The molecule has 0 unspecified atom stereocenters. The summed E-state index contributed by atoms with van der Waals surface area (Å²) in [7, 11) is 0. The zero-order valence-electron chi connectivity index (χ0n) is 11.3. The van der Waals surface area contributed by atoms with Crippen LogP contribution in [0.15, 0.2) is 36.4 Å². The molecule has 1 heterocycles. The third-order valence-electron chi connectivity index (χ3n) is 2.77. The first-order valence-corrected chi connectivity index (χ1v) is 6.54. The van der Waals surface area contributed by atoms with Gasteiger partial charge in [-0.1, -0.05) is 18.2 Å². The number of rotatable bonds is 2. The second kappa shape index (κ2) is 5.80. The molecule has 1 aromatic heterocycles. The van der Waals surface area contributed by atoms with Gasteiger partial charge in [-0.2, -0.15) is 0 Å². The molecule has 0 atom stereocenters. The molecule has 2 aromatic rings. The van der Waals surface area contributed by atoms with Crippen molar-refractivity contribution in [2.75, 3.05) is 10.6 Å². The number of thiocarbonyl (C=S) groups is 1. The summed E-state index contributed by atoms with van der Waals surface area (Å²) in [6.07, 6.45) is 0. The minimum atomic E-state index is 0.548. The highest BCUT2D eigenvalue weighted by Crippen LogP contribution is 2.16. The van der Waals surface area contributed by atoms with E-state index in [0.717, 1.165) is 22.8 Å². The van der Waals surface area contributed by atoms with Crippen molar-refractivity contribution in [1.82, 2.24) is 4.98 Å². The Balaban J connectivity index is 2.07. The molecule has 0 saturated heterocycles. The summed E-state index contributed by atoms with van der Waals surface area (Å²) < 4.78 is 0. The van der Waals surface area contributed by atoms with Crippen LogP contribution in [0.3, 0.4) is 0 Å². The van der Waals surface area contributed by atoms with Crippen molar-refractivity contribution in [2.24, 2.45) is 0 Å². The van der Waals surface area contributed by atoms with E-state index in [0.29, 0.717) is 5.11 Å². The molecule has 0 aliphatic rings. The van der Waals surface area contributed by atoms with Crippen molar-refractivity contribution < 1.29 is 0 Å². The second-order valence-electron chi connectivity index (χ2n) is 4.56. The van der Waals surface area contributed by atoms with Crippen LogP contribution in [0.4, 0.5) is 11.5 Å². The number of aromatic nitrogens is 1. The van der Waals surface area contributed by atoms with Crippen LogP contribution < -0.4 is 10.6 Å². The summed E-state index contributed by atoms with van der Waals surface area (Å²) in [5.41, 5.74) is 4.33. The van der Waals surface area contributed by atoms with E-state index in [9.17, 15) is 0 Å². The Hall–Kier alpha value is -1.94. The molecule has 4 heteroatoms. The van der Waals surface area contributed by atoms with E-state index in [1.807, 2.05) is 25.1 Å². The quantitative estimate of drug-likeness (QED) is 0.814. The smallest absolute Gasteiger partial charge is 0.176 e. The fourth-order valence-electron chi connectivity index (χ4n) is 1.75. The van der Waals surface area contributed by atoms with Crippen molar-refractivity contribution in [1.29, 1.82) is 0 Å². The maximum atomic E-state index is 5.30. The molecule has 0 aliphatic heterocycles. The zero-order chi connectivity index (χ0) is 13.8. The largest absolute Gasteiger partial charge is 0.332 e. The highest BCUT2D eigenvalue weighted by molar-refractivity contribution is 7.80. The first-order chi connectivity index (χ1) is 9.04. The number of nitrogens with one attached hydrogen (secondary N) is 2. The van der Waals surface area contributed by atoms with Crippen molar-refractivity contribution in [3.8, 4) is 0 Å². The molecule has 0 spiro atoms. The van der Waals surface area contributed by atoms with E-state index in [2.05, 4.69) is 47.7 Å². The van der Waals surface area contributed by atoms with Gasteiger partial charge < -0.3 is 10.6 Å². The molecule has 0 bridgehead atoms. The Labute approximate surface area is 119 Å². The van der Waals surface area contributed by atoms with Gasteiger partial charge in [0.15, 0.2) is 5.11 Å². The summed E-state index contributed by atoms with van der Waals surface area (Å²) in [4.78, 5) is 4.36. The lowest BCUT2D eigenvalue weighted by Crippen LogP contribution is -2.20. The Morgan fingerprint density at radius 3 is 2.58 bits per heavy atom. The molecule has 0 saturated carbocycles. The van der Waals surface area contributed by atoms with Crippen molar-refractivity contribution in [2.45, 2.75) is 20.8 Å². The van der Waals surface area contributed by atoms with Crippen LogP contribution in [0.5, 0.6) is 0 Å². The molecule has 19 heavy (non-hydrogen) atoms. The average Bonchev–Trinajstić information content (AvgIpc) is 2.34. The number of hydrogen-bond acceptors (Lipinski definition) is 2. The lowest BCUT2D eigenvalue weighted by molar-refractivity contribution is 1.20. The van der Waals surface area contributed by atoms with E-state index in [1.165, 1.54) is 5.56 Å². The van der Waals surface area contributed by atoms with Gasteiger partial charge in [0.1, 0.15) is 5.82 Å². The molecule has 98 valence electrons. The van der Waals surface area contributed by atoms with Gasteiger partial charge in [0.2, 0.25) is 0 Å². The highest BCUT2D eigenvalue weighted by atomic mass is 32.1. The summed E-state index contributed by atoms with van der Waals surface area (Å²) in [5, 5.41) is 6.83. The molecule has 2 rings (SSSR count). The topological polar surface area (TPSA) is 37.0 Å². The average molecular weight is 271 g/mol. The fourth-order valence-corrected chi connectivity index (χ4v) is 1.97. The summed E-state index contributed by atoms with van der Waals surface area (Å²) >= 11 is 5.30. The van der Waals surface area contributed by atoms with Gasteiger partial charge >= 0.3 is 0 Å². The Bertz CT molecular complexity index is 608. The summed E-state index contributed by atoms with van der Waals surface area (Å²) in [6, 6.07) is 12.0. The minimum Gasteiger partial charge on any atom is -0.332 e. The molecule has 3 nitrogen and oxygen atoms in total. The van der Waals surface area contributed by atoms with Gasteiger partial charge in [0.05, 0.1) is 0 Å². The Morgan fingerprint density at radius 1 is 1.05 bits per heavy atom. The predicted octanol–water partition coefficient (Wildman–Crippen LogP) is 3.82. The van der Waals surface area contributed by atoms with Crippen molar-refractivity contribution in [3.63, 3.8) is 0 Å². The van der Waals surface area contributed by atoms with Gasteiger partial charge in [-0.15, -0.1) is 0 Å². The zero-order valence-corrected chi connectivity index (χ0v) is 12.1. The summed E-state index contributed by atoms with van der Waals surface area (Å²) in [5.74, 6) is 0.753. The first kappa shape index (κ1) is 13.5. The van der Waals surface area contributed by atoms with E-state index >= 15 is 0 Å². The van der Waals surface area contributed by atoms with E-state index in [-0.39, 0.29) is 0 Å². The Kier molecular flexibility index (Phi) is 4.12. The van der Waals surface area contributed by atoms with E-state index in [4.69, 9.17) is 12.2 Å². The van der Waals surface area contributed by atoms with Gasteiger partial charge in [-0.3, -0.25) is 0 Å². The first-order valence-electron chi connectivity index (χ1n) is 6.13. The number of aryl methyl sites for hydroxylation is 3. The van der Waals surface area contributed by atoms with Gasteiger partial charge in [0.25, 0.3) is 0 Å². The number of pyridine rings is 1. The van der Waals surface area contributed by atoms with Crippen LogP contribution in [0.25, 0.3) is 0 Å². The van der Waals surface area contributed by atoms with Crippen LogP contribution >= 0.6 is 12.2 Å². The standard InChI is InChI=1S/C15H17N3S/c1-10-7-8-11(2)13(9-10)17-15(19)18-14-6-4-5-12(3)16-14/h4-9H,1-3H3,(H2,16,17,18,19). The number of benzene rings is 1. The van der Waals surface area contributed by atoms with Crippen molar-refractivity contribution >= 4 is 28.8 Å². The number of anilines is 2. The molecule has 0 amide bonds. The highest BCUT2D eigenvalue weighted by Gasteiger charge is 2.03. The molecule has 0 aliphatic carbocycles. The summed E-state index contributed by atoms with van der Waals surface area (Å²) in [6.45, 7) is 6.06. The Morgan fingerprint density at radius 2 is 1.84 bits per heavy atom. The molecular formula is C15H17N3S. The van der Waals surface area contributed by atoms with Gasteiger partial charge in [-0.25, -0.2) is 4.98 Å². The van der Waals surface area contributed by atoms with Crippen LogP contribution in [-0.2, 0) is 0 Å². The van der Waals surface area contributed by atoms with Gasteiger partial charge in [0, 0.05) is 11.4 Å². The molecular weight excluding hydrogens is 254 g/mol. The third kappa shape index (κ3) is 3.76. The maximum Gasteiger partial charge on any atom is 0.176 e. The molecule has 0 fully saturated rings. The lowest BCUT2D eigenvalue weighted by atomic mass is 10.1. The monoisotopic (exact) mass is 271 g/mol. The second-order valence-corrected chi connectivity index (χ2v) is 4.97. The predicted molar refractivity (Wildman–Crippen MR) is 84.7 cm³/mol. The van der Waals surface area contributed by atoms with Crippen molar-refractivity contribution in [3.05, 3.63) is 53.2 Å². The molecule has 2 N–H and O–H groups in total. The minimum absolute atomic E-state index is 0.548. The number of nitrogens with zero attached hydrogens (tertiary/aromatic N) is 1. The lowest BCUT2D eigenvalue weighted by Gasteiger charge is -2.12. The molecule has 0 radical (unpaired) electrons. The number of hydrogen-bond donors (Lipinski definition) is 2. The van der Waals surface area contributed by atoms with Crippen LogP contribution in [-0.4, -0.2) is 10.1 Å². The third-order valence-corrected chi connectivity index (χ3v) is 2.98. The van der Waals surface area contributed by atoms with Crippen LogP contribution in [0.2, 0.25) is 0 Å². The van der Waals surface area contributed by atoms with Crippen LogP contribution in [0, 0.1) is 20.8 Å². The van der Waals surface area contributed by atoms with E-state index in [1.54, 1.807) is 0 Å². The van der Waals surface area contributed by atoms with Crippen LogP contribution in [0.1, 0.15) is 16.8 Å². The van der Waals surface area contributed by atoms with E-state index < -0.39 is 0 Å².